The summed E-state index contributed by atoms with van der Waals surface area (Å²) in [4.78, 5) is 0. The molecular weight excluding hydrogens is 347 g/mol. The average Bonchev–Trinajstić information content (AvgIpc) is 3.23. The molecule has 0 aromatic heterocycles. The third kappa shape index (κ3) is 2.81. The van der Waals surface area contributed by atoms with Crippen LogP contribution in [0.4, 0.5) is 0 Å². The fraction of sp³-hybridized carbons (Fsp3) is 0.821. The van der Waals surface area contributed by atoms with E-state index in [2.05, 4.69) is 55.4 Å². The Hall–Kier alpha value is -0.585. The topological polar surface area (TPSA) is 0 Å². The van der Waals surface area contributed by atoms with Gasteiger partial charge in [0.25, 0.3) is 0 Å². The fourth-order valence-electron chi connectivity index (χ4n) is 8.17. The van der Waals surface area contributed by atoms with Crippen molar-refractivity contribution in [1.82, 2.24) is 0 Å². The van der Waals surface area contributed by atoms with Crippen molar-refractivity contribution in [2.45, 2.75) is 126 Å². The standard InChI is InChI=1S/C28H46B/c1-9-25(10-2)18-27(13-5,14-6)22-20(25)17-21-23(24(22)29)28(15-7,16-8)19-26(21,11-3)12-4/h9-19H2,1-8H3. The number of hydrogen-bond acceptors (Lipinski definition) is 0. The van der Waals surface area contributed by atoms with E-state index < -0.39 is 0 Å². The van der Waals surface area contributed by atoms with Crippen LogP contribution in [0.2, 0.25) is 0 Å². The van der Waals surface area contributed by atoms with Crippen LogP contribution in [-0.4, -0.2) is 13.0 Å². The van der Waals surface area contributed by atoms with Gasteiger partial charge in [-0.2, -0.15) is 0 Å². The van der Waals surface area contributed by atoms with Crippen molar-refractivity contribution in [3.8, 4) is 0 Å². The predicted octanol–water partition coefficient (Wildman–Crippen LogP) is 8.36. The Labute approximate surface area is 183 Å². The minimum absolute atomic E-state index is 0.293. The predicted molar refractivity (Wildman–Crippen MR) is 131 cm³/mol. The SMILES string of the molecule is [B]=C1C2=C(CC3=C1C(CC)(CC)CC3(CC)CC)C(CC)(CC)CC2(CC)CC. The molecule has 3 aliphatic carbocycles. The number of hydrogen-bond donors (Lipinski definition) is 0. The van der Waals surface area contributed by atoms with Gasteiger partial charge >= 0.3 is 183 Å². The molecular formula is C28H46B. The van der Waals surface area contributed by atoms with Gasteiger partial charge in [0.15, 0.2) is 0 Å². The second-order valence-corrected chi connectivity index (χ2v) is 10.6. The van der Waals surface area contributed by atoms with Crippen LogP contribution in [0.15, 0.2) is 22.3 Å². The summed E-state index contributed by atoms with van der Waals surface area (Å²) in [6, 6.07) is 0. The van der Waals surface area contributed by atoms with E-state index in [-0.39, 0.29) is 0 Å². The van der Waals surface area contributed by atoms with E-state index in [0.29, 0.717) is 21.7 Å². The quantitative estimate of drug-likeness (QED) is 0.363. The Morgan fingerprint density at radius 1 is 0.517 bits per heavy atom. The molecule has 0 aromatic carbocycles. The van der Waals surface area contributed by atoms with Crippen LogP contribution in [0, 0.1) is 21.7 Å². The van der Waals surface area contributed by atoms with E-state index in [9.17, 15) is 0 Å². The molecule has 0 N–H and O–H groups in total. The molecule has 3 rings (SSSR count). The van der Waals surface area contributed by atoms with Crippen molar-refractivity contribution in [1.29, 1.82) is 0 Å². The maximum absolute atomic E-state index is 7.32. The van der Waals surface area contributed by atoms with Gasteiger partial charge < -0.3 is 0 Å². The molecule has 29 heavy (non-hydrogen) atoms. The zero-order chi connectivity index (χ0) is 21.7. The van der Waals surface area contributed by atoms with Gasteiger partial charge in [0.05, 0.1) is 0 Å². The molecule has 0 saturated heterocycles. The van der Waals surface area contributed by atoms with Gasteiger partial charge in [0.1, 0.15) is 0 Å². The summed E-state index contributed by atoms with van der Waals surface area (Å²) in [5.74, 6) is 0. The summed E-state index contributed by atoms with van der Waals surface area (Å²) in [7, 11) is 7.32. The molecule has 0 aromatic rings. The van der Waals surface area contributed by atoms with Gasteiger partial charge in [-0.15, -0.1) is 0 Å². The van der Waals surface area contributed by atoms with Gasteiger partial charge in [0.2, 0.25) is 0 Å². The third-order valence-corrected chi connectivity index (χ3v) is 10.6. The molecule has 161 valence electrons. The molecule has 0 nitrogen and oxygen atoms in total. The van der Waals surface area contributed by atoms with Gasteiger partial charge in [-0.1, -0.05) is 0 Å². The van der Waals surface area contributed by atoms with E-state index in [4.69, 9.17) is 7.49 Å². The summed E-state index contributed by atoms with van der Waals surface area (Å²) in [6.45, 7) is 19.4. The van der Waals surface area contributed by atoms with Crippen molar-refractivity contribution in [2.24, 2.45) is 21.7 Å². The first-order chi connectivity index (χ1) is 13.8. The fourth-order valence-corrected chi connectivity index (χ4v) is 8.17. The van der Waals surface area contributed by atoms with Crippen LogP contribution in [0.5, 0.6) is 0 Å². The molecule has 1 radical (unpaired) electrons. The van der Waals surface area contributed by atoms with Crippen molar-refractivity contribution >= 4 is 13.0 Å². The minimum atomic E-state index is 0.293. The van der Waals surface area contributed by atoms with Crippen molar-refractivity contribution in [2.75, 3.05) is 0 Å². The van der Waals surface area contributed by atoms with Crippen LogP contribution < -0.4 is 0 Å². The first-order valence-electron chi connectivity index (χ1n) is 12.9. The molecule has 0 fully saturated rings. The van der Waals surface area contributed by atoms with Crippen molar-refractivity contribution in [3.05, 3.63) is 22.3 Å². The molecule has 0 heterocycles. The molecule has 0 atom stereocenters. The maximum atomic E-state index is 7.32. The first kappa shape index (κ1) is 23.1. The van der Waals surface area contributed by atoms with Gasteiger partial charge in [-0.3, -0.25) is 0 Å². The van der Waals surface area contributed by atoms with Crippen LogP contribution in [0.25, 0.3) is 0 Å². The number of allylic oxidation sites excluding steroid dienone is 4. The Morgan fingerprint density at radius 2 is 0.793 bits per heavy atom. The van der Waals surface area contributed by atoms with E-state index in [1.165, 1.54) is 76.1 Å². The molecule has 0 spiro atoms. The molecule has 0 aliphatic heterocycles. The summed E-state index contributed by atoms with van der Waals surface area (Å²) in [5.41, 5.74) is 9.32. The van der Waals surface area contributed by atoms with Crippen molar-refractivity contribution < 1.29 is 0 Å². The van der Waals surface area contributed by atoms with E-state index >= 15 is 0 Å². The van der Waals surface area contributed by atoms with Crippen LogP contribution >= 0.6 is 0 Å². The van der Waals surface area contributed by atoms with Gasteiger partial charge in [-0.05, 0) is 0 Å². The zero-order valence-corrected chi connectivity index (χ0v) is 20.9. The van der Waals surface area contributed by atoms with Crippen LogP contribution in [0.1, 0.15) is 126 Å². The second-order valence-electron chi connectivity index (χ2n) is 10.6. The molecule has 0 amide bonds. The average molecular weight is 393 g/mol. The summed E-state index contributed by atoms with van der Waals surface area (Å²) in [5, 5.41) is 0. The monoisotopic (exact) mass is 393 g/mol. The first-order valence-corrected chi connectivity index (χ1v) is 12.9. The molecule has 3 aliphatic rings. The molecule has 0 unspecified atom stereocenters. The summed E-state index contributed by atoms with van der Waals surface area (Å²) in [6.07, 6.45) is 13.8. The van der Waals surface area contributed by atoms with Crippen LogP contribution in [0.3, 0.4) is 0 Å². The van der Waals surface area contributed by atoms with E-state index in [1.54, 1.807) is 22.3 Å². The molecule has 0 saturated carbocycles. The third-order valence-electron chi connectivity index (χ3n) is 10.6. The van der Waals surface area contributed by atoms with E-state index in [0.717, 1.165) is 0 Å². The Morgan fingerprint density at radius 3 is 1.03 bits per heavy atom. The summed E-state index contributed by atoms with van der Waals surface area (Å²) >= 11 is 0. The summed E-state index contributed by atoms with van der Waals surface area (Å²) < 4.78 is 0. The molecule has 1 heteroatoms. The van der Waals surface area contributed by atoms with Gasteiger partial charge in [-0.25, -0.2) is 0 Å². The normalized spacial score (nSPS) is 26.1. The van der Waals surface area contributed by atoms with Crippen LogP contribution in [-0.2, 0) is 0 Å². The second kappa shape index (κ2) is 7.83. The Kier molecular flexibility index (Phi) is 6.24. The zero-order valence-electron chi connectivity index (χ0n) is 20.9. The molecule has 0 bridgehead atoms. The van der Waals surface area contributed by atoms with E-state index in [1.807, 2.05) is 0 Å². The van der Waals surface area contributed by atoms with Crippen molar-refractivity contribution in [3.63, 3.8) is 0 Å². The Bertz CT molecular complexity index is 655. The number of rotatable bonds is 8. The van der Waals surface area contributed by atoms with Gasteiger partial charge in [0, 0.05) is 0 Å². The Balaban J connectivity index is 2.29.